The molecule has 0 saturated carbocycles. The van der Waals surface area contributed by atoms with Crippen molar-refractivity contribution >= 4 is 34.9 Å². The Balaban J connectivity index is 1.51. The number of imide groups is 1. The minimum absolute atomic E-state index is 0.0796. The molecule has 7 heteroatoms. The standard InChI is InChI=1S/C26H25N3O4/c1-3-15-6-11-19-18(13-15)26(25(33)27-19)22-21(20-5-4-12-28(20)26)23(31)29(24(22)32)17-9-7-16(8-10-17)14(2)30/h6-11,13,20-22H,3-5,12H2,1-2H3,(H,27,33)/t20-,21+,22-,26+/m0/s1. The van der Waals surface area contributed by atoms with Crippen LogP contribution in [0.2, 0.25) is 0 Å². The van der Waals surface area contributed by atoms with Crippen LogP contribution in [0, 0.1) is 11.8 Å². The van der Waals surface area contributed by atoms with Gasteiger partial charge in [0.05, 0.1) is 17.5 Å². The number of hydrogen-bond acceptors (Lipinski definition) is 5. The zero-order valence-electron chi connectivity index (χ0n) is 18.6. The predicted octanol–water partition coefficient (Wildman–Crippen LogP) is 2.88. The van der Waals surface area contributed by atoms with Crippen molar-refractivity contribution < 1.29 is 19.2 Å². The molecule has 1 spiro atoms. The molecule has 7 nitrogen and oxygen atoms in total. The lowest BCUT2D eigenvalue weighted by Crippen LogP contribution is -2.54. The maximum Gasteiger partial charge on any atom is 0.250 e. The summed E-state index contributed by atoms with van der Waals surface area (Å²) in [7, 11) is 0. The second-order valence-corrected chi connectivity index (χ2v) is 9.48. The Morgan fingerprint density at radius 2 is 1.85 bits per heavy atom. The van der Waals surface area contributed by atoms with E-state index in [-0.39, 0.29) is 29.5 Å². The van der Waals surface area contributed by atoms with Gasteiger partial charge in [-0.15, -0.1) is 0 Å². The largest absolute Gasteiger partial charge is 0.324 e. The Morgan fingerprint density at radius 1 is 1.09 bits per heavy atom. The molecule has 3 fully saturated rings. The summed E-state index contributed by atoms with van der Waals surface area (Å²) in [6.45, 7) is 4.23. The van der Waals surface area contributed by atoms with E-state index in [0.717, 1.165) is 36.1 Å². The number of nitrogens with one attached hydrogen (secondary N) is 1. The van der Waals surface area contributed by atoms with Gasteiger partial charge in [-0.2, -0.15) is 0 Å². The molecule has 3 saturated heterocycles. The topological polar surface area (TPSA) is 86.8 Å². The van der Waals surface area contributed by atoms with Crippen LogP contribution in [0.15, 0.2) is 42.5 Å². The second kappa shape index (κ2) is 6.84. The number of carbonyl (C=O) groups is 4. The molecule has 4 aliphatic rings. The van der Waals surface area contributed by atoms with Gasteiger partial charge in [0, 0.05) is 22.9 Å². The maximum absolute atomic E-state index is 14.0. The lowest BCUT2D eigenvalue weighted by atomic mass is 9.75. The van der Waals surface area contributed by atoms with E-state index in [1.54, 1.807) is 24.3 Å². The summed E-state index contributed by atoms with van der Waals surface area (Å²) < 4.78 is 0. The molecule has 0 radical (unpaired) electrons. The molecule has 0 aliphatic carbocycles. The first-order valence-electron chi connectivity index (χ1n) is 11.6. The van der Waals surface area contributed by atoms with Gasteiger partial charge in [0.25, 0.3) is 0 Å². The molecular weight excluding hydrogens is 418 g/mol. The van der Waals surface area contributed by atoms with E-state index < -0.39 is 17.4 Å². The van der Waals surface area contributed by atoms with Gasteiger partial charge in [-0.1, -0.05) is 19.1 Å². The maximum atomic E-state index is 14.0. The quantitative estimate of drug-likeness (QED) is 0.582. The number of rotatable bonds is 3. The normalized spacial score (nSPS) is 30.1. The molecule has 33 heavy (non-hydrogen) atoms. The highest BCUT2D eigenvalue weighted by Crippen LogP contribution is 2.60. The Labute approximate surface area is 191 Å². The third-order valence-electron chi connectivity index (χ3n) is 8.00. The number of ketones is 1. The molecule has 168 valence electrons. The number of carbonyl (C=O) groups excluding carboxylic acids is 4. The number of Topliss-reactive ketones (excluding diaryl/α,β-unsaturated/α-hetero) is 1. The number of aryl methyl sites for hydroxylation is 1. The van der Waals surface area contributed by atoms with Gasteiger partial charge < -0.3 is 5.32 Å². The van der Waals surface area contributed by atoms with Gasteiger partial charge in [0.1, 0.15) is 5.54 Å². The van der Waals surface area contributed by atoms with Crippen LogP contribution in [0.1, 0.15) is 48.2 Å². The van der Waals surface area contributed by atoms with Crippen LogP contribution in [-0.2, 0) is 26.3 Å². The Hall–Kier alpha value is -3.32. The summed E-state index contributed by atoms with van der Waals surface area (Å²) >= 11 is 0. The summed E-state index contributed by atoms with van der Waals surface area (Å²) in [5.74, 6) is -2.20. The average molecular weight is 444 g/mol. The molecule has 0 unspecified atom stereocenters. The van der Waals surface area contributed by atoms with E-state index in [1.165, 1.54) is 11.8 Å². The van der Waals surface area contributed by atoms with Gasteiger partial charge in [-0.3, -0.25) is 24.1 Å². The van der Waals surface area contributed by atoms with Crippen LogP contribution in [0.5, 0.6) is 0 Å². The second-order valence-electron chi connectivity index (χ2n) is 9.48. The molecular formula is C26H25N3O4. The number of nitrogens with zero attached hydrogens (tertiary/aromatic N) is 2. The molecule has 2 aromatic rings. The summed E-state index contributed by atoms with van der Waals surface area (Å²) in [4.78, 5) is 56.4. The summed E-state index contributed by atoms with van der Waals surface area (Å²) in [6, 6.07) is 12.4. The Kier molecular flexibility index (Phi) is 4.21. The monoisotopic (exact) mass is 443 g/mol. The molecule has 0 aromatic heterocycles. The fourth-order valence-electron chi connectivity index (χ4n) is 6.57. The van der Waals surface area contributed by atoms with E-state index in [2.05, 4.69) is 17.1 Å². The van der Waals surface area contributed by atoms with E-state index in [4.69, 9.17) is 0 Å². The van der Waals surface area contributed by atoms with E-state index >= 15 is 0 Å². The highest BCUT2D eigenvalue weighted by atomic mass is 16.2. The smallest absolute Gasteiger partial charge is 0.250 e. The van der Waals surface area contributed by atoms with Gasteiger partial charge in [-0.25, -0.2) is 4.90 Å². The molecule has 0 bridgehead atoms. The van der Waals surface area contributed by atoms with Crippen LogP contribution in [0.4, 0.5) is 11.4 Å². The SMILES string of the molecule is CCc1ccc2c(c1)[C@]1(C(=O)N2)[C@@H]2C(=O)N(c3ccc(C(C)=O)cc3)C(=O)[C@@H]2[C@@H]2CCCN21. The van der Waals surface area contributed by atoms with Gasteiger partial charge >= 0.3 is 0 Å². The van der Waals surface area contributed by atoms with Crippen molar-refractivity contribution in [1.82, 2.24) is 4.90 Å². The van der Waals surface area contributed by atoms with E-state index in [0.29, 0.717) is 17.8 Å². The average Bonchev–Trinajstić information content (AvgIpc) is 3.51. The van der Waals surface area contributed by atoms with Crippen molar-refractivity contribution in [2.24, 2.45) is 11.8 Å². The molecule has 4 aliphatic heterocycles. The lowest BCUT2D eigenvalue weighted by molar-refractivity contribution is -0.135. The van der Waals surface area contributed by atoms with Crippen molar-refractivity contribution in [1.29, 1.82) is 0 Å². The summed E-state index contributed by atoms with van der Waals surface area (Å²) in [5, 5.41) is 3.02. The molecule has 2 aromatic carbocycles. The summed E-state index contributed by atoms with van der Waals surface area (Å²) in [6.07, 6.45) is 2.49. The van der Waals surface area contributed by atoms with Crippen molar-refractivity contribution in [2.75, 3.05) is 16.8 Å². The number of hydrogen-bond donors (Lipinski definition) is 1. The molecule has 6 rings (SSSR count). The highest BCUT2D eigenvalue weighted by Gasteiger charge is 2.74. The van der Waals surface area contributed by atoms with Gasteiger partial charge in [0.15, 0.2) is 5.78 Å². The van der Waals surface area contributed by atoms with Crippen molar-refractivity contribution in [3.8, 4) is 0 Å². The molecule has 4 heterocycles. The third kappa shape index (κ3) is 2.43. The minimum atomic E-state index is -1.16. The van der Waals surface area contributed by atoms with Crippen molar-refractivity contribution in [3.63, 3.8) is 0 Å². The zero-order chi connectivity index (χ0) is 23.1. The van der Waals surface area contributed by atoms with E-state index in [1.807, 2.05) is 18.2 Å². The zero-order valence-corrected chi connectivity index (χ0v) is 18.6. The fourth-order valence-corrected chi connectivity index (χ4v) is 6.57. The fraction of sp³-hybridized carbons (Fsp3) is 0.385. The van der Waals surface area contributed by atoms with Crippen LogP contribution in [0.25, 0.3) is 0 Å². The minimum Gasteiger partial charge on any atom is -0.324 e. The molecule has 4 atom stereocenters. The van der Waals surface area contributed by atoms with Crippen LogP contribution >= 0.6 is 0 Å². The Bertz CT molecular complexity index is 1240. The van der Waals surface area contributed by atoms with Crippen molar-refractivity contribution in [3.05, 3.63) is 59.2 Å². The van der Waals surface area contributed by atoms with Gasteiger partial charge in [0.2, 0.25) is 17.7 Å². The summed E-state index contributed by atoms with van der Waals surface area (Å²) in [5.41, 5.74) is 2.46. The van der Waals surface area contributed by atoms with E-state index in [9.17, 15) is 19.2 Å². The number of fused-ring (bicyclic) bond motifs is 7. The number of anilines is 2. The van der Waals surface area contributed by atoms with Crippen molar-refractivity contribution in [2.45, 2.75) is 44.7 Å². The predicted molar refractivity (Wildman–Crippen MR) is 122 cm³/mol. The lowest BCUT2D eigenvalue weighted by Gasteiger charge is -2.36. The molecule has 1 N–H and O–H groups in total. The first-order chi connectivity index (χ1) is 15.9. The van der Waals surface area contributed by atoms with Gasteiger partial charge in [-0.05, 0) is 68.6 Å². The highest BCUT2D eigenvalue weighted by molar-refractivity contribution is 6.26. The molecule has 3 amide bonds. The van der Waals surface area contributed by atoms with Crippen LogP contribution in [-0.4, -0.2) is 41.0 Å². The number of amides is 3. The first-order valence-corrected chi connectivity index (χ1v) is 11.6. The van der Waals surface area contributed by atoms with Crippen LogP contribution in [0.3, 0.4) is 0 Å². The third-order valence-corrected chi connectivity index (χ3v) is 8.00. The first kappa shape index (κ1) is 20.3. The van der Waals surface area contributed by atoms with Crippen LogP contribution < -0.4 is 10.2 Å². The number of benzene rings is 2. The Morgan fingerprint density at radius 3 is 2.55 bits per heavy atom.